The van der Waals surface area contributed by atoms with Crippen LogP contribution in [-0.2, 0) is 0 Å². The molecule has 4 rings (SSSR count). The van der Waals surface area contributed by atoms with Crippen molar-refractivity contribution in [1.82, 2.24) is 0 Å². The molecular weight excluding hydrogens is 176 g/mol. The summed E-state index contributed by atoms with van der Waals surface area (Å²) in [6.07, 6.45) is 6.87. The zero-order valence-corrected chi connectivity index (χ0v) is 8.65. The smallest absolute Gasteiger partial charge is 0.0684 e. The maximum absolute atomic E-state index is 10.6. The van der Waals surface area contributed by atoms with Crippen LogP contribution in [0.3, 0.4) is 0 Å². The molecule has 3 unspecified atom stereocenters. The van der Waals surface area contributed by atoms with E-state index in [0.717, 1.165) is 37.0 Å². The predicted molar refractivity (Wildman–Crippen MR) is 53.7 cm³/mol. The average molecular weight is 196 g/mol. The van der Waals surface area contributed by atoms with Gasteiger partial charge in [-0.05, 0) is 62.2 Å². The third-order valence-electron chi connectivity index (χ3n) is 4.92. The van der Waals surface area contributed by atoms with Crippen LogP contribution in [0.25, 0.3) is 0 Å². The summed E-state index contributed by atoms with van der Waals surface area (Å²) in [6, 6.07) is 0. The molecule has 0 amide bonds. The van der Waals surface area contributed by atoms with Crippen molar-refractivity contribution in [3.8, 4) is 0 Å². The van der Waals surface area contributed by atoms with E-state index in [1.165, 1.54) is 19.3 Å². The highest BCUT2D eigenvalue weighted by Gasteiger charge is 2.55. The second-order valence-corrected chi connectivity index (χ2v) is 5.83. The van der Waals surface area contributed by atoms with Gasteiger partial charge in [0.2, 0.25) is 0 Å². The van der Waals surface area contributed by atoms with Crippen molar-refractivity contribution in [2.75, 3.05) is 6.61 Å². The van der Waals surface area contributed by atoms with E-state index in [9.17, 15) is 5.11 Å². The molecule has 4 aliphatic carbocycles. The Morgan fingerprint density at radius 3 is 2.21 bits per heavy atom. The number of aliphatic hydroxyl groups is 2. The summed E-state index contributed by atoms with van der Waals surface area (Å²) < 4.78 is 0. The molecule has 4 aliphatic rings. The molecule has 0 saturated heterocycles. The summed E-state index contributed by atoms with van der Waals surface area (Å²) in [7, 11) is 0. The zero-order valence-electron chi connectivity index (χ0n) is 8.65. The van der Waals surface area contributed by atoms with Gasteiger partial charge in [0.25, 0.3) is 0 Å². The molecule has 0 aliphatic heterocycles. The fourth-order valence-electron chi connectivity index (χ4n) is 4.75. The molecule has 0 radical (unpaired) electrons. The van der Waals surface area contributed by atoms with Crippen LogP contribution in [0, 0.1) is 23.7 Å². The average Bonchev–Trinajstić information content (AvgIpc) is 2.09. The van der Waals surface area contributed by atoms with E-state index >= 15 is 0 Å². The first-order valence-electron chi connectivity index (χ1n) is 6.04. The number of rotatable bonds is 2. The molecule has 80 valence electrons. The molecule has 0 spiro atoms. The molecule has 4 saturated carbocycles. The molecule has 2 N–H and O–H groups in total. The van der Waals surface area contributed by atoms with Crippen molar-refractivity contribution < 1.29 is 10.2 Å². The van der Waals surface area contributed by atoms with Crippen LogP contribution >= 0.6 is 0 Å². The third kappa shape index (κ3) is 1.17. The van der Waals surface area contributed by atoms with Gasteiger partial charge in [0.15, 0.2) is 0 Å². The van der Waals surface area contributed by atoms with E-state index in [4.69, 9.17) is 5.11 Å². The van der Waals surface area contributed by atoms with E-state index in [2.05, 4.69) is 0 Å². The summed E-state index contributed by atoms with van der Waals surface area (Å²) in [5.74, 6) is 2.72. The van der Waals surface area contributed by atoms with E-state index in [0.29, 0.717) is 5.92 Å². The monoisotopic (exact) mass is 196 g/mol. The molecule has 0 heterocycles. The van der Waals surface area contributed by atoms with Crippen molar-refractivity contribution in [2.45, 2.75) is 44.1 Å². The van der Waals surface area contributed by atoms with Gasteiger partial charge in [-0.3, -0.25) is 0 Å². The standard InChI is InChI=1S/C12H20O2/c13-2-1-11-10-4-8-3-9(5-10)7-12(11,14)6-8/h8-11,13-14H,1-7H2. The normalized spacial score (nSPS) is 55.3. The maximum atomic E-state index is 10.6. The fraction of sp³-hybridized carbons (Fsp3) is 1.00. The summed E-state index contributed by atoms with van der Waals surface area (Å²) in [5.41, 5.74) is -0.391. The molecule has 3 atom stereocenters. The highest BCUT2D eigenvalue weighted by Crippen LogP contribution is 2.59. The lowest BCUT2D eigenvalue weighted by Gasteiger charge is -2.59. The third-order valence-corrected chi connectivity index (χ3v) is 4.92. The fourth-order valence-corrected chi connectivity index (χ4v) is 4.75. The van der Waals surface area contributed by atoms with Crippen LogP contribution in [0.15, 0.2) is 0 Å². The number of aliphatic hydroxyl groups excluding tert-OH is 1. The van der Waals surface area contributed by atoms with Gasteiger partial charge in [0, 0.05) is 6.61 Å². The Morgan fingerprint density at radius 2 is 1.71 bits per heavy atom. The Balaban J connectivity index is 1.86. The molecule has 0 aromatic heterocycles. The van der Waals surface area contributed by atoms with E-state index in [1.807, 2.05) is 0 Å². The van der Waals surface area contributed by atoms with Gasteiger partial charge in [0.1, 0.15) is 0 Å². The van der Waals surface area contributed by atoms with E-state index in [-0.39, 0.29) is 6.61 Å². The van der Waals surface area contributed by atoms with Crippen LogP contribution in [0.5, 0.6) is 0 Å². The minimum absolute atomic E-state index is 0.249. The molecule has 4 fully saturated rings. The molecule has 14 heavy (non-hydrogen) atoms. The lowest BCUT2D eigenvalue weighted by Crippen LogP contribution is -2.57. The molecule has 2 heteroatoms. The minimum atomic E-state index is -0.391. The van der Waals surface area contributed by atoms with E-state index in [1.54, 1.807) is 0 Å². The molecular formula is C12H20O2. The van der Waals surface area contributed by atoms with Crippen molar-refractivity contribution >= 4 is 0 Å². The van der Waals surface area contributed by atoms with Gasteiger partial charge in [-0.1, -0.05) is 0 Å². The Morgan fingerprint density at radius 1 is 1.07 bits per heavy atom. The largest absolute Gasteiger partial charge is 0.396 e. The second kappa shape index (κ2) is 2.96. The maximum Gasteiger partial charge on any atom is 0.0684 e. The SMILES string of the molecule is OCCC1C2CC3CC(C2)CC1(O)C3. The highest BCUT2D eigenvalue weighted by molar-refractivity contribution is 5.06. The first kappa shape index (κ1) is 9.17. The van der Waals surface area contributed by atoms with Crippen LogP contribution < -0.4 is 0 Å². The quantitative estimate of drug-likeness (QED) is 0.703. The number of hydrogen-bond donors (Lipinski definition) is 2. The minimum Gasteiger partial charge on any atom is -0.396 e. The summed E-state index contributed by atoms with van der Waals surface area (Å²) in [6.45, 7) is 0.249. The summed E-state index contributed by atoms with van der Waals surface area (Å²) in [4.78, 5) is 0. The van der Waals surface area contributed by atoms with Crippen molar-refractivity contribution in [3.63, 3.8) is 0 Å². The Kier molecular flexibility index (Phi) is 1.94. The van der Waals surface area contributed by atoms with E-state index < -0.39 is 5.60 Å². The van der Waals surface area contributed by atoms with Gasteiger partial charge in [0.05, 0.1) is 5.60 Å². The summed E-state index contributed by atoms with van der Waals surface area (Å²) in [5, 5.41) is 19.6. The second-order valence-electron chi connectivity index (χ2n) is 5.83. The van der Waals surface area contributed by atoms with Crippen molar-refractivity contribution in [3.05, 3.63) is 0 Å². The molecule has 0 aromatic rings. The van der Waals surface area contributed by atoms with Crippen LogP contribution in [0.2, 0.25) is 0 Å². The van der Waals surface area contributed by atoms with Crippen LogP contribution in [-0.4, -0.2) is 22.4 Å². The first-order chi connectivity index (χ1) is 6.71. The first-order valence-corrected chi connectivity index (χ1v) is 6.04. The van der Waals surface area contributed by atoms with Crippen LogP contribution in [0.1, 0.15) is 38.5 Å². The Bertz CT molecular complexity index is 224. The molecule has 4 bridgehead atoms. The lowest BCUT2D eigenvalue weighted by atomic mass is 9.49. The molecule has 2 nitrogen and oxygen atoms in total. The molecule has 0 aromatic carbocycles. The Labute approximate surface area is 85.3 Å². The van der Waals surface area contributed by atoms with Gasteiger partial charge in [-0.15, -0.1) is 0 Å². The van der Waals surface area contributed by atoms with Crippen LogP contribution in [0.4, 0.5) is 0 Å². The van der Waals surface area contributed by atoms with Crippen molar-refractivity contribution in [1.29, 1.82) is 0 Å². The van der Waals surface area contributed by atoms with Gasteiger partial charge in [-0.2, -0.15) is 0 Å². The van der Waals surface area contributed by atoms with Crippen molar-refractivity contribution in [2.24, 2.45) is 23.7 Å². The topological polar surface area (TPSA) is 40.5 Å². The highest BCUT2D eigenvalue weighted by atomic mass is 16.3. The zero-order chi connectivity index (χ0) is 9.76. The predicted octanol–water partition coefficient (Wildman–Crippen LogP) is 1.56. The lowest BCUT2D eigenvalue weighted by molar-refractivity contribution is -0.175. The summed E-state index contributed by atoms with van der Waals surface area (Å²) >= 11 is 0. The van der Waals surface area contributed by atoms with Gasteiger partial charge in [-0.25, -0.2) is 0 Å². The Hall–Kier alpha value is -0.0800. The van der Waals surface area contributed by atoms with Gasteiger partial charge < -0.3 is 10.2 Å². The number of hydrogen-bond acceptors (Lipinski definition) is 2. The van der Waals surface area contributed by atoms with Gasteiger partial charge >= 0.3 is 0 Å².